The minimum atomic E-state index is -0.685. The van der Waals surface area contributed by atoms with Gasteiger partial charge in [0, 0.05) is 6.42 Å². The lowest BCUT2D eigenvalue weighted by atomic mass is 9.74. The number of rotatable bonds is 27. The predicted molar refractivity (Wildman–Crippen MR) is 154 cm³/mol. The smallest absolute Gasteiger partial charge is 0.306 e. The molecule has 3 unspecified atom stereocenters. The van der Waals surface area contributed by atoms with E-state index in [4.69, 9.17) is 5.11 Å². The summed E-state index contributed by atoms with van der Waals surface area (Å²) in [6.45, 7) is 9.09. The number of hydrogen-bond acceptors (Lipinski definition) is 2. The highest BCUT2D eigenvalue weighted by Gasteiger charge is 2.31. The Balaban J connectivity index is 4.59. The monoisotopic (exact) mass is 510 g/mol. The molecule has 0 saturated carbocycles. The van der Waals surface area contributed by atoms with E-state index in [9.17, 15) is 14.7 Å². The van der Waals surface area contributed by atoms with Gasteiger partial charge in [0.1, 0.15) is 0 Å². The van der Waals surface area contributed by atoms with Crippen molar-refractivity contribution < 1.29 is 19.8 Å². The first kappa shape index (κ1) is 34.9. The summed E-state index contributed by atoms with van der Waals surface area (Å²) < 4.78 is 0. The Labute approximate surface area is 224 Å². The molecule has 36 heavy (non-hydrogen) atoms. The van der Waals surface area contributed by atoms with Crippen molar-refractivity contribution in [1.82, 2.24) is 0 Å². The van der Waals surface area contributed by atoms with Crippen molar-refractivity contribution in [3.05, 3.63) is 0 Å². The van der Waals surface area contributed by atoms with Crippen LogP contribution in [0.15, 0.2) is 0 Å². The normalized spacial score (nSPS) is 14.9. The SMILES string of the molecule is CCCCC(CC)CC(CC(CC)CCCC)C(CCCCCCCCCCCCC(=O)O)C(=O)O. The van der Waals surface area contributed by atoms with E-state index < -0.39 is 11.9 Å². The Morgan fingerprint density at radius 3 is 1.33 bits per heavy atom. The summed E-state index contributed by atoms with van der Waals surface area (Å²) in [4.78, 5) is 23.0. The lowest BCUT2D eigenvalue weighted by Gasteiger charge is -2.31. The number of carboxylic acids is 2. The van der Waals surface area contributed by atoms with E-state index >= 15 is 0 Å². The molecule has 4 nitrogen and oxygen atoms in total. The van der Waals surface area contributed by atoms with Crippen molar-refractivity contribution in [2.45, 2.75) is 169 Å². The third kappa shape index (κ3) is 19.1. The van der Waals surface area contributed by atoms with Crippen molar-refractivity contribution in [1.29, 1.82) is 0 Å². The van der Waals surface area contributed by atoms with Crippen LogP contribution in [-0.2, 0) is 9.59 Å². The molecule has 0 amide bonds. The predicted octanol–water partition coefficient (Wildman–Crippen LogP) is 10.3. The Hall–Kier alpha value is -1.06. The summed E-state index contributed by atoms with van der Waals surface area (Å²) in [5, 5.41) is 18.9. The summed E-state index contributed by atoms with van der Waals surface area (Å²) in [5.74, 6) is 0.247. The van der Waals surface area contributed by atoms with Gasteiger partial charge >= 0.3 is 11.9 Å². The van der Waals surface area contributed by atoms with E-state index in [1.165, 1.54) is 83.5 Å². The van der Waals surface area contributed by atoms with Crippen molar-refractivity contribution in [2.75, 3.05) is 0 Å². The molecule has 0 heterocycles. The topological polar surface area (TPSA) is 74.6 Å². The van der Waals surface area contributed by atoms with Crippen LogP contribution in [0.25, 0.3) is 0 Å². The summed E-state index contributed by atoms with van der Waals surface area (Å²) in [6, 6.07) is 0. The van der Waals surface area contributed by atoms with Gasteiger partial charge in [0.15, 0.2) is 0 Å². The average Bonchev–Trinajstić information content (AvgIpc) is 2.85. The number of carbonyl (C=O) groups is 2. The minimum absolute atomic E-state index is 0.179. The third-order valence-corrected chi connectivity index (χ3v) is 8.40. The fourth-order valence-electron chi connectivity index (χ4n) is 5.86. The van der Waals surface area contributed by atoms with Gasteiger partial charge in [-0.15, -0.1) is 0 Å². The van der Waals surface area contributed by atoms with Crippen LogP contribution in [0.3, 0.4) is 0 Å². The number of carboxylic acid groups (broad SMARTS) is 2. The maximum atomic E-state index is 12.4. The molecule has 4 heteroatoms. The summed E-state index contributed by atoms with van der Waals surface area (Å²) in [7, 11) is 0. The Morgan fingerprint density at radius 1 is 0.556 bits per heavy atom. The van der Waals surface area contributed by atoms with Crippen molar-refractivity contribution in [3.8, 4) is 0 Å². The first-order valence-electron chi connectivity index (χ1n) is 15.8. The van der Waals surface area contributed by atoms with E-state index in [1.54, 1.807) is 0 Å². The van der Waals surface area contributed by atoms with Crippen LogP contribution < -0.4 is 0 Å². The van der Waals surface area contributed by atoms with Crippen LogP contribution >= 0.6 is 0 Å². The van der Waals surface area contributed by atoms with Gasteiger partial charge < -0.3 is 10.2 Å². The fraction of sp³-hybridized carbons (Fsp3) is 0.938. The molecule has 0 aromatic rings. The van der Waals surface area contributed by atoms with Crippen LogP contribution in [0.4, 0.5) is 0 Å². The van der Waals surface area contributed by atoms with E-state index in [-0.39, 0.29) is 5.92 Å². The molecular weight excluding hydrogens is 448 g/mol. The zero-order valence-corrected chi connectivity index (χ0v) is 24.6. The lowest BCUT2D eigenvalue weighted by Crippen LogP contribution is -2.28. The zero-order chi connectivity index (χ0) is 27.0. The molecular formula is C32H62O4. The van der Waals surface area contributed by atoms with Gasteiger partial charge in [-0.3, -0.25) is 9.59 Å². The molecule has 2 N–H and O–H groups in total. The largest absolute Gasteiger partial charge is 0.481 e. The average molecular weight is 511 g/mol. The number of unbranched alkanes of at least 4 members (excludes halogenated alkanes) is 11. The molecule has 0 saturated heterocycles. The molecule has 0 radical (unpaired) electrons. The molecule has 0 aliphatic rings. The summed E-state index contributed by atoms with van der Waals surface area (Å²) >= 11 is 0. The Bertz CT molecular complexity index is 500. The highest BCUT2D eigenvalue weighted by molar-refractivity contribution is 5.70. The number of hydrogen-bond donors (Lipinski definition) is 2. The second kappa shape index (κ2) is 24.3. The van der Waals surface area contributed by atoms with Crippen LogP contribution in [0, 0.1) is 23.7 Å². The molecule has 0 spiro atoms. The highest BCUT2D eigenvalue weighted by Crippen LogP contribution is 2.36. The zero-order valence-electron chi connectivity index (χ0n) is 24.6. The molecule has 0 aliphatic heterocycles. The second-order valence-corrected chi connectivity index (χ2v) is 11.5. The van der Waals surface area contributed by atoms with Gasteiger partial charge in [-0.2, -0.15) is 0 Å². The molecule has 0 aromatic heterocycles. The maximum absolute atomic E-state index is 12.4. The molecule has 0 aromatic carbocycles. The van der Waals surface area contributed by atoms with Crippen molar-refractivity contribution in [3.63, 3.8) is 0 Å². The van der Waals surface area contributed by atoms with Gasteiger partial charge in [-0.25, -0.2) is 0 Å². The minimum Gasteiger partial charge on any atom is -0.481 e. The molecule has 0 fully saturated rings. The Kier molecular flexibility index (Phi) is 23.6. The molecule has 214 valence electrons. The molecule has 0 aliphatic carbocycles. The quantitative estimate of drug-likeness (QED) is 0.108. The lowest BCUT2D eigenvalue weighted by molar-refractivity contribution is -0.144. The van der Waals surface area contributed by atoms with Crippen LogP contribution in [0.1, 0.15) is 169 Å². The first-order chi connectivity index (χ1) is 17.4. The standard InChI is InChI=1S/C32H62O4/c1-5-9-21-27(7-3)25-29(26-28(8-4)22-10-6-2)30(32(35)36)23-19-17-15-13-11-12-14-16-18-20-24-31(33)34/h27-30H,5-26H2,1-4H3,(H,33,34)(H,35,36). The molecule has 0 rings (SSSR count). The van der Waals surface area contributed by atoms with Crippen LogP contribution in [-0.4, -0.2) is 22.2 Å². The fourth-order valence-corrected chi connectivity index (χ4v) is 5.86. The highest BCUT2D eigenvalue weighted by atomic mass is 16.4. The van der Waals surface area contributed by atoms with Gasteiger partial charge in [0.25, 0.3) is 0 Å². The van der Waals surface area contributed by atoms with Gasteiger partial charge in [0.2, 0.25) is 0 Å². The Morgan fingerprint density at radius 2 is 0.972 bits per heavy atom. The van der Waals surface area contributed by atoms with E-state index in [2.05, 4.69) is 27.7 Å². The van der Waals surface area contributed by atoms with Crippen LogP contribution in [0.5, 0.6) is 0 Å². The van der Waals surface area contributed by atoms with E-state index in [0.29, 0.717) is 24.2 Å². The first-order valence-corrected chi connectivity index (χ1v) is 15.8. The maximum Gasteiger partial charge on any atom is 0.306 e. The van der Waals surface area contributed by atoms with Gasteiger partial charge in [-0.05, 0) is 43.4 Å². The number of aliphatic carboxylic acids is 2. The summed E-state index contributed by atoms with van der Waals surface area (Å²) in [5.41, 5.74) is 0. The molecule has 0 bridgehead atoms. The second-order valence-electron chi connectivity index (χ2n) is 11.5. The summed E-state index contributed by atoms with van der Waals surface area (Å²) in [6.07, 6.45) is 24.5. The third-order valence-electron chi connectivity index (χ3n) is 8.40. The van der Waals surface area contributed by atoms with Gasteiger partial charge in [0.05, 0.1) is 5.92 Å². The van der Waals surface area contributed by atoms with Gasteiger partial charge in [-0.1, -0.05) is 137 Å². The molecule has 3 atom stereocenters. The van der Waals surface area contributed by atoms with Crippen molar-refractivity contribution in [2.24, 2.45) is 23.7 Å². The van der Waals surface area contributed by atoms with E-state index in [0.717, 1.165) is 51.4 Å². The van der Waals surface area contributed by atoms with Crippen LogP contribution in [0.2, 0.25) is 0 Å². The van der Waals surface area contributed by atoms with E-state index in [1.807, 2.05) is 0 Å². The van der Waals surface area contributed by atoms with Crippen molar-refractivity contribution >= 4 is 11.9 Å².